The summed E-state index contributed by atoms with van der Waals surface area (Å²) in [4.78, 5) is 17.8. The van der Waals surface area contributed by atoms with Crippen molar-refractivity contribution in [2.24, 2.45) is 0 Å². The molecule has 1 amide bonds. The number of aromatic nitrogens is 2. The third kappa shape index (κ3) is 2.39. The van der Waals surface area contributed by atoms with E-state index in [-0.39, 0.29) is 11.3 Å². The fourth-order valence-electron chi connectivity index (χ4n) is 3.83. The van der Waals surface area contributed by atoms with Crippen LogP contribution in [-0.4, -0.2) is 29.3 Å². The highest BCUT2D eigenvalue weighted by Crippen LogP contribution is 2.43. The first-order chi connectivity index (χ1) is 12.8. The van der Waals surface area contributed by atoms with Crippen LogP contribution in [0.2, 0.25) is 0 Å². The summed E-state index contributed by atoms with van der Waals surface area (Å²) in [6, 6.07) is 9.91. The normalized spacial score (nSPS) is 18.5. The summed E-state index contributed by atoms with van der Waals surface area (Å²) in [5, 5.41) is 9.29. The van der Waals surface area contributed by atoms with Crippen molar-refractivity contribution < 1.29 is 14.1 Å². The lowest BCUT2D eigenvalue weighted by Crippen LogP contribution is -2.35. The molecule has 1 N–H and O–H groups in total. The second kappa shape index (κ2) is 6.03. The Labute approximate surface area is 154 Å². The molecular formula is C19H17N3O3S. The molecule has 132 valence electrons. The number of nitrogens with one attached hydrogen (secondary N) is 1. The highest BCUT2D eigenvalue weighted by Gasteiger charge is 2.41. The first-order valence-electron chi connectivity index (χ1n) is 8.64. The number of amides is 1. The smallest absolute Gasteiger partial charge is 0.258 e. The van der Waals surface area contributed by atoms with Gasteiger partial charge in [0.1, 0.15) is 0 Å². The van der Waals surface area contributed by atoms with Crippen molar-refractivity contribution in [3.05, 3.63) is 52.0 Å². The van der Waals surface area contributed by atoms with Gasteiger partial charge in [0.15, 0.2) is 5.82 Å². The predicted octanol–water partition coefficient (Wildman–Crippen LogP) is 3.39. The fourth-order valence-corrected chi connectivity index (χ4v) is 4.81. The van der Waals surface area contributed by atoms with E-state index in [2.05, 4.69) is 28.0 Å². The summed E-state index contributed by atoms with van der Waals surface area (Å²) >= 11 is 1.72. The lowest BCUT2D eigenvalue weighted by atomic mass is 9.78. The Bertz CT molecular complexity index is 958. The zero-order valence-corrected chi connectivity index (χ0v) is 14.8. The number of anilines is 1. The molecule has 1 saturated heterocycles. The van der Waals surface area contributed by atoms with Crippen LogP contribution in [0.15, 0.2) is 40.2 Å². The van der Waals surface area contributed by atoms with Crippen LogP contribution in [0.3, 0.4) is 0 Å². The first kappa shape index (κ1) is 15.7. The van der Waals surface area contributed by atoms with Gasteiger partial charge in [-0.25, -0.2) is 0 Å². The molecule has 6 nitrogen and oxygen atoms in total. The van der Waals surface area contributed by atoms with Crippen LogP contribution in [-0.2, 0) is 21.4 Å². The van der Waals surface area contributed by atoms with Gasteiger partial charge in [-0.15, -0.1) is 11.3 Å². The molecule has 0 spiro atoms. The molecule has 4 heterocycles. The molecule has 0 unspecified atom stereocenters. The van der Waals surface area contributed by atoms with Crippen molar-refractivity contribution in [3.63, 3.8) is 0 Å². The molecule has 26 heavy (non-hydrogen) atoms. The van der Waals surface area contributed by atoms with Gasteiger partial charge in [0, 0.05) is 29.3 Å². The van der Waals surface area contributed by atoms with E-state index in [4.69, 9.17) is 14.2 Å². The maximum Gasteiger partial charge on any atom is 0.258 e. The Balaban J connectivity index is 1.58. The molecule has 2 aliphatic heterocycles. The number of benzene rings is 1. The summed E-state index contributed by atoms with van der Waals surface area (Å²) in [6.07, 6.45) is 2.01. The van der Waals surface area contributed by atoms with Crippen molar-refractivity contribution in [3.8, 4) is 11.5 Å². The number of rotatable bonds is 3. The van der Waals surface area contributed by atoms with Gasteiger partial charge in [-0.2, -0.15) is 4.98 Å². The molecule has 0 radical (unpaired) electrons. The number of nitrogens with zero attached hydrogens (tertiary/aromatic N) is 2. The Hall–Kier alpha value is -2.51. The SMILES string of the molecule is O=C1Cc2c(cccc2-c2nc(C3(c4cccs4)CCOCC3)no2)N1. The van der Waals surface area contributed by atoms with Crippen molar-refractivity contribution >= 4 is 22.9 Å². The van der Waals surface area contributed by atoms with Crippen molar-refractivity contribution in [1.82, 2.24) is 10.1 Å². The molecule has 0 aliphatic carbocycles. The quantitative estimate of drug-likeness (QED) is 0.768. The van der Waals surface area contributed by atoms with Gasteiger partial charge in [-0.05, 0) is 42.0 Å². The molecular weight excluding hydrogens is 350 g/mol. The molecule has 1 aromatic carbocycles. The number of ether oxygens (including phenoxy) is 1. The predicted molar refractivity (Wildman–Crippen MR) is 97.2 cm³/mol. The Morgan fingerprint density at radius 1 is 1.15 bits per heavy atom. The average molecular weight is 367 g/mol. The van der Waals surface area contributed by atoms with E-state index in [1.807, 2.05) is 18.2 Å². The zero-order chi connectivity index (χ0) is 17.6. The number of hydrogen-bond donors (Lipinski definition) is 1. The van der Waals surface area contributed by atoms with Gasteiger partial charge >= 0.3 is 0 Å². The average Bonchev–Trinajstić information content (AvgIpc) is 3.41. The third-order valence-corrected chi connectivity index (χ3v) is 6.29. The van der Waals surface area contributed by atoms with E-state index in [0.717, 1.165) is 29.7 Å². The van der Waals surface area contributed by atoms with Crippen molar-refractivity contribution in [2.75, 3.05) is 18.5 Å². The summed E-state index contributed by atoms with van der Waals surface area (Å²) < 4.78 is 11.2. The van der Waals surface area contributed by atoms with Crippen LogP contribution in [0.25, 0.3) is 11.5 Å². The molecule has 0 atom stereocenters. The van der Waals surface area contributed by atoms with Gasteiger partial charge < -0.3 is 14.6 Å². The summed E-state index contributed by atoms with van der Waals surface area (Å²) in [6.45, 7) is 1.36. The Morgan fingerprint density at radius 3 is 2.85 bits per heavy atom. The lowest BCUT2D eigenvalue weighted by Gasteiger charge is -2.33. The van der Waals surface area contributed by atoms with Gasteiger partial charge in [0.2, 0.25) is 5.91 Å². The maximum absolute atomic E-state index is 11.8. The number of fused-ring (bicyclic) bond motifs is 1. The second-order valence-corrected chi connectivity index (χ2v) is 7.60. The minimum absolute atomic E-state index is 0.00771. The van der Waals surface area contributed by atoms with E-state index < -0.39 is 0 Å². The van der Waals surface area contributed by atoms with Crippen molar-refractivity contribution in [1.29, 1.82) is 0 Å². The molecule has 7 heteroatoms. The topological polar surface area (TPSA) is 77.2 Å². The minimum atomic E-state index is -0.264. The van der Waals surface area contributed by atoms with Crippen molar-refractivity contribution in [2.45, 2.75) is 24.7 Å². The van der Waals surface area contributed by atoms with Gasteiger partial charge in [0.25, 0.3) is 5.89 Å². The van der Waals surface area contributed by atoms with E-state index in [9.17, 15) is 4.79 Å². The monoisotopic (exact) mass is 367 g/mol. The third-order valence-electron chi connectivity index (χ3n) is 5.21. The molecule has 0 saturated carbocycles. The van der Waals surface area contributed by atoms with E-state index >= 15 is 0 Å². The Kier molecular flexibility index (Phi) is 3.65. The first-order valence-corrected chi connectivity index (χ1v) is 9.52. The highest BCUT2D eigenvalue weighted by atomic mass is 32.1. The van der Waals surface area contributed by atoms with Crippen LogP contribution in [0, 0.1) is 0 Å². The largest absolute Gasteiger partial charge is 0.381 e. The second-order valence-electron chi connectivity index (χ2n) is 6.65. The molecule has 1 fully saturated rings. The van der Waals surface area contributed by atoms with Crippen LogP contribution in [0.4, 0.5) is 5.69 Å². The maximum atomic E-state index is 11.8. The summed E-state index contributed by atoms with van der Waals surface area (Å²) in [5.74, 6) is 1.16. The van der Waals surface area contributed by atoms with Crippen LogP contribution in [0.5, 0.6) is 0 Å². The highest BCUT2D eigenvalue weighted by molar-refractivity contribution is 7.10. The van der Waals surface area contributed by atoms with Gasteiger partial charge in [-0.3, -0.25) is 4.79 Å². The summed E-state index contributed by atoms with van der Waals surface area (Å²) in [5.41, 5.74) is 2.31. The lowest BCUT2D eigenvalue weighted by molar-refractivity contribution is -0.115. The molecule has 2 aliphatic rings. The number of hydrogen-bond acceptors (Lipinski definition) is 6. The van der Waals surface area contributed by atoms with E-state index in [1.165, 1.54) is 4.88 Å². The van der Waals surface area contributed by atoms with Crippen LogP contribution >= 0.6 is 11.3 Å². The number of carbonyl (C=O) groups excluding carboxylic acids is 1. The van der Waals surface area contributed by atoms with Gasteiger partial charge in [0.05, 0.1) is 11.8 Å². The summed E-state index contributed by atoms with van der Waals surface area (Å²) in [7, 11) is 0. The molecule has 5 rings (SSSR count). The molecule has 0 bridgehead atoms. The molecule has 3 aromatic rings. The number of carbonyl (C=O) groups is 1. The minimum Gasteiger partial charge on any atom is -0.381 e. The molecule has 2 aromatic heterocycles. The zero-order valence-electron chi connectivity index (χ0n) is 14.0. The fraction of sp³-hybridized carbons (Fsp3) is 0.316. The van der Waals surface area contributed by atoms with Crippen LogP contribution < -0.4 is 5.32 Å². The standard InChI is InChI=1S/C19H17N3O3S/c23-16-11-13-12(3-1-4-14(13)20-16)17-21-18(22-25-17)19(6-8-24-9-7-19)15-5-2-10-26-15/h1-5,10H,6-9,11H2,(H,20,23). The van der Waals surface area contributed by atoms with E-state index in [1.54, 1.807) is 11.3 Å². The number of thiophene rings is 1. The van der Waals surface area contributed by atoms with Gasteiger partial charge in [-0.1, -0.05) is 17.3 Å². The Morgan fingerprint density at radius 2 is 2.04 bits per heavy atom. The van der Waals surface area contributed by atoms with Crippen LogP contribution in [0.1, 0.15) is 29.1 Å². The van der Waals surface area contributed by atoms with E-state index in [0.29, 0.717) is 31.3 Å².